The molecule has 10 heteroatoms. The Morgan fingerprint density at radius 1 is 1.17 bits per heavy atom. The van der Waals surface area contributed by atoms with Crippen LogP contribution in [-0.4, -0.2) is 52.1 Å². The number of rotatable bonds is 4. The van der Waals surface area contributed by atoms with Crippen LogP contribution in [0.2, 0.25) is 0 Å². The number of hydrogen-bond donors (Lipinski definition) is 3. The number of thiophene rings is 1. The van der Waals surface area contributed by atoms with Gasteiger partial charge in [-0.15, -0.1) is 11.3 Å². The highest BCUT2D eigenvalue weighted by Gasteiger charge is 2.29. The lowest BCUT2D eigenvalue weighted by Crippen LogP contribution is -2.44. The normalized spacial score (nSPS) is 18.0. The molecule has 3 rings (SSSR count). The number of carbonyl (C=O) groups excluding carboxylic acids is 1. The molecule has 1 amide bonds. The summed E-state index contributed by atoms with van der Waals surface area (Å²) in [6.45, 7) is 5.46. The average molecular weight is 440 g/mol. The van der Waals surface area contributed by atoms with Gasteiger partial charge in [0.2, 0.25) is 0 Å². The maximum absolute atomic E-state index is 13.6. The van der Waals surface area contributed by atoms with Gasteiger partial charge in [-0.25, -0.2) is 18.4 Å². The molecular weight excluding hydrogens is 418 g/mol. The molecule has 2 unspecified atom stereocenters. The van der Waals surface area contributed by atoms with Gasteiger partial charge in [0.1, 0.15) is 11.6 Å². The number of carboxylic acids is 2. The molecule has 0 saturated carbocycles. The third-order valence-corrected chi connectivity index (χ3v) is 5.88. The van der Waals surface area contributed by atoms with Crippen LogP contribution in [0.5, 0.6) is 0 Å². The second-order valence-electron chi connectivity index (χ2n) is 6.77. The van der Waals surface area contributed by atoms with E-state index in [1.807, 2.05) is 0 Å². The van der Waals surface area contributed by atoms with E-state index < -0.39 is 29.5 Å². The van der Waals surface area contributed by atoms with E-state index in [4.69, 9.17) is 19.8 Å². The third-order valence-electron chi connectivity index (χ3n) is 4.75. The summed E-state index contributed by atoms with van der Waals surface area (Å²) in [5, 5.41) is 19.6. The van der Waals surface area contributed by atoms with Crippen LogP contribution in [0.25, 0.3) is 0 Å². The van der Waals surface area contributed by atoms with Crippen LogP contribution >= 0.6 is 11.3 Å². The molecule has 2 aromatic rings. The Morgan fingerprint density at radius 2 is 1.83 bits per heavy atom. The third kappa shape index (κ3) is 5.83. The maximum Gasteiger partial charge on any atom is 0.414 e. The molecule has 2 heterocycles. The Kier molecular flexibility index (Phi) is 8.01. The molecule has 7 nitrogen and oxygen atoms in total. The summed E-state index contributed by atoms with van der Waals surface area (Å²) >= 11 is 1.77. The van der Waals surface area contributed by atoms with Crippen LogP contribution in [0, 0.1) is 11.6 Å². The van der Waals surface area contributed by atoms with Crippen molar-refractivity contribution >= 4 is 29.2 Å². The number of amides is 1. The molecule has 0 fully saturated rings. The van der Waals surface area contributed by atoms with Gasteiger partial charge in [-0.3, -0.25) is 9.69 Å². The summed E-state index contributed by atoms with van der Waals surface area (Å²) in [4.78, 5) is 34.0. The summed E-state index contributed by atoms with van der Waals surface area (Å²) in [6.07, 6.45) is 1.00. The summed E-state index contributed by atoms with van der Waals surface area (Å²) in [5.41, 5.74) is 1.28. The molecule has 2 atom stereocenters. The molecule has 1 aromatic heterocycles. The lowest BCUT2D eigenvalue weighted by Gasteiger charge is -2.38. The fraction of sp³-hybridized carbons (Fsp3) is 0.350. The molecule has 1 aromatic carbocycles. The fourth-order valence-electron chi connectivity index (χ4n) is 3.33. The number of carbonyl (C=O) groups is 3. The number of hydrogen-bond acceptors (Lipinski definition) is 5. The lowest BCUT2D eigenvalue weighted by atomic mass is 9.97. The van der Waals surface area contributed by atoms with E-state index in [9.17, 15) is 13.6 Å². The van der Waals surface area contributed by atoms with Gasteiger partial charge in [-0.05, 0) is 49.4 Å². The summed E-state index contributed by atoms with van der Waals surface area (Å²) < 4.78 is 26.5. The highest BCUT2D eigenvalue weighted by atomic mass is 32.1. The minimum Gasteiger partial charge on any atom is -0.473 e. The average Bonchev–Trinajstić information content (AvgIpc) is 3.13. The molecule has 0 aliphatic carbocycles. The molecule has 0 radical (unpaired) electrons. The van der Waals surface area contributed by atoms with Crippen LogP contribution < -0.4 is 5.32 Å². The predicted octanol–water partition coefficient (Wildman–Crippen LogP) is 2.92. The van der Waals surface area contributed by atoms with Crippen molar-refractivity contribution < 1.29 is 33.4 Å². The van der Waals surface area contributed by atoms with E-state index in [-0.39, 0.29) is 5.56 Å². The van der Waals surface area contributed by atoms with Crippen molar-refractivity contribution in [3.8, 4) is 0 Å². The monoisotopic (exact) mass is 440 g/mol. The minimum absolute atomic E-state index is 0.128. The highest BCUT2D eigenvalue weighted by molar-refractivity contribution is 7.10. The number of nitrogens with one attached hydrogen (secondary N) is 1. The topological polar surface area (TPSA) is 107 Å². The van der Waals surface area contributed by atoms with Crippen LogP contribution in [0.1, 0.15) is 40.7 Å². The van der Waals surface area contributed by atoms with E-state index in [0.29, 0.717) is 25.2 Å². The highest BCUT2D eigenvalue weighted by Crippen LogP contribution is 2.35. The number of carboxylic acid groups (broad SMARTS) is 2. The number of nitrogens with zero attached hydrogens (tertiary/aromatic N) is 1. The largest absolute Gasteiger partial charge is 0.473 e. The predicted molar refractivity (Wildman–Crippen MR) is 107 cm³/mol. The summed E-state index contributed by atoms with van der Waals surface area (Å²) in [5.74, 6) is -5.69. The molecule has 30 heavy (non-hydrogen) atoms. The molecule has 3 N–H and O–H groups in total. The fourth-order valence-corrected chi connectivity index (χ4v) is 4.35. The molecule has 162 valence electrons. The molecule has 0 bridgehead atoms. The maximum atomic E-state index is 13.6. The number of fused-ring (bicyclic) bond motifs is 1. The summed E-state index contributed by atoms with van der Waals surface area (Å²) in [7, 11) is 0. The molecular formula is C20H22F2N2O5S. The second-order valence-corrected chi connectivity index (χ2v) is 7.72. The molecule has 0 spiro atoms. The quantitative estimate of drug-likeness (QED) is 0.631. The minimum atomic E-state index is -1.82. The van der Waals surface area contributed by atoms with Gasteiger partial charge in [0.05, 0.1) is 5.56 Å². The van der Waals surface area contributed by atoms with E-state index in [1.165, 1.54) is 16.5 Å². The van der Waals surface area contributed by atoms with Crippen LogP contribution in [0.3, 0.4) is 0 Å². The molecule has 1 aliphatic heterocycles. The van der Waals surface area contributed by atoms with E-state index >= 15 is 0 Å². The van der Waals surface area contributed by atoms with Gasteiger partial charge in [0.15, 0.2) is 0 Å². The van der Waals surface area contributed by atoms with Crippen molar-refractivity contribution in [1.29, 1.82) is 0 Å². The Hall–Kier alpha value is -2.85. The van der Waals surface area contributed by atoms with Gasteiger partial charge < -0.3 is 15.5 Å². The molecule has 0 saturated heterocycles. The standard InChI is InChI=1S/C18H20F2N2OS.C2H2O4/c1-11-9-13-5-8-24-17(13)12(2)22(11)7-6-21-18(23)15-4-3-14(19)10-16(15)20;3-1(4)2(5)6/h3-5,8,10-12H,6-7,9H2,1-2H3,(H,21,23);(H,3,4)(H,5,6). The Morgan fingerprint density at radius 3 is 2.43 bits per heavy atom. The molecule has 1 aliphatic rings. The Bertz CT molecular complexity index is 922. The smallest absolute Gasteiger partial charge is 0.414 e. The van der Waals surface area contributed by atoms with Gasteiger partial charge in [0.25, 0.3) is 5.91 Å². The first-order valence-electron chi connectivity index (χ1n) is 9.13. The second kappa shape index (κ2) is 10.3. The van der Waals surface area contributed by atoms with Gasteiger partial charge in [-0.2, -0.15) is 0 Å². The number of halogens is 2. The first-order valence-corrected chi connectivity index (χ1v) is 10.0. The Labute approximate surface area is 175 Å². The van der Waals surface area contributed by atoms with E-state index in [0.717, 1.165) is 18.6 Å². The van der Waals surface area contributed by atoms with E-state index in [1.54, 1.807) is 11.3 Å². The first-order chi connectivity index (χ1) is 14.1. The number of aliphatic carboxylic acids is 2. The van der Waals surface area contributed by atoms with Crippen molar-refractivity contribution in [2.75, 3.05) is 13.1 Å². The van der Waals surface area contributed by atoms with Crippen LogP contribution in [-0.2, 0) is 16.0 Å². The van der Waals surface area contributed by atoms with Gasteiger partial charge in [0, 0.05) is 36.1 Å². The zero-order valence-corrected chi connectivity index (χ0v) is 17.2. The van der Waals surface area contributed by atoms with Crippen molar-refractivity contribution in [1.82, 2.24) is 10.2 Å². The number of benzene rings is 1. The lowest BCUT2D eigenvalue weighted by molar-refractivity contribution is -0.159. The van der Waals surface area contributed by atoms with Gasteiger partial charge >= 0.3 is 11.9 Å². The zero-order chi connectivity index (χ0) is 22.4. The SMILES string of the molecule is CC1Cc2ccsc2C(C)N1CCNC(=O)c1ccc(F)cc1F.O=C(O)C(=O)O. The first kappa shape index (κ1) is 23.4. The van der Waals surface area contributed by atoms with Crippen LogP contribution in [0.15, 0.2) is 29.6 Å². The van der Waals surface area contributed by atoms with E-state index in [2.05, 4.69) is 35.5 Å². The Balaban J connectivity index is 0.000000469. The van der Waals surface area contributed by atoms with Crippen molar-refractivity contribution in [2.24, 2.45) is 0 Å². The van der Waals surface area contributed by atoms with Gasteiger partial charge in [-0.1, -0.05) is 0 Å². The van der Waals surface area contributed by atoms with Crippen molar-refractivity contribution in [3.05, 3.63) is 57.3 Å². The van der Waals surface area contributed by atoms with Crippen LogP contribution in [0.4, 0.5) is 8.78 Å². The summed E-state index contributed by atoms with van der Waals surface area (Å²) in [6, 6.07) is 5.87. The zero-order valence-electron chi connectivity index (χ0n) is 16.4. The van der Waals surface area contributed by atoms with Crippen molar-refractivity contribution in [3.63, 3.8) is 0 Å². The van der Waals surface area contributed by atoms with Crippen molar-refractivity contribution in [2.45, 2.75) is 32.4 Å².